The van der Waals surface area contributed by atoms with E-state index < -0.39 is 0 Å². The van der Waals surface area contributed by atoms with Crippen LogP contribution in [0.4, 0.5) is 21.9 Å². The summed E-state index contributed by atoms with van der Waals surface area (Å²) >= 11 is 0. The fraction of sp³-hybridized carbons (Fsp3) is 0.414. The molecule has 0 bridgehead atoms. The van der Waals surface area contributed by atoms with E-state index in [1.807, 2.05) is 60.4 Å². The Morgan fingerprint density at radius 2 is 1.68 bits per heavy atom. The number of nitrogens with one attached hydrogen (secondary N) is 2. The second-order valence-electron chi connectivity index (χ2n) is 9.86. The SMILES string of the molecule is C=CCN(CC(=O)Nc1ccc(N2CCN(C(=O)Nc3cccc(C)c3)CC2)cc1)C(=O)C1CCCC1. The highest BCUT2D eigenvalue weighted by Gasteiger charge is 2.28. The van der Waals surface area contributed by atoms with E-state index in [2.05, 4.69) is 22.1 Å². The van der Waals surface area contributed by atoms with Gasteiger partial charge >= 0.3 is 6.03 Å². The largest absolute Gasteiger partial charge is 0.368 e. The van der Waals surface area contributed by atoms with Crippen LogP contribution in [-0.4, -0.2) is 66.9 Å². The number of carbonyl (C=O) groups is 3. The highest BCUT2D eigenvalue weighted by Crippen LogP contribution is 2.26. The molecule has 1 saturated heterocycles. The predicted molar refractivity (Wildman–Crippen MR) is 148 cm³/mol. The minimum Gasteiger partial charge on any atom is -0.368 e. The van der Waals surface area contributed by atoms with Crippen molar-refractivity contribution in [2.75, 3.05) is 54.8 Å². The number of aryl methyl sites for hydroxylation is 1. The van der Waals surface area contributed by atoms with Crippen LogP contribution in [0.15, 0.2) is 61.2 Å². The minimum atomic E-state index is -0.214. The lowest BCUT2D eigenvalue weighted by Crippen LogP contribution is -2.50. The van der Waals surface area contributed by atoms with Crippen molar-refractivity contribution in [3.05, 3.63) is 66.7 Å². The highest BCUT2D eigenvalue weighted by molar-refractivity contribution is 5.95. The van der Waals surface area contributed by atoms with Gasteiger partial charge < -0.3 is 25.3 Å². The lowest BCUT2D eigenvalue weighted by molar-refractivity contribution is -0.137. The molecule has 2 aromatic rings. The molecule has 4 amide bonds. The van der Waals surface area contributed by atoms with Crippen molar-refractivity contribution in [3.8, 4) is 0 Å². The molecule has 8 nitrogen and oxygen atoms in total. The summed E-state index contributed by atoms with van der Waals surface area (Å²) in [7, 11) is 0. The summed E-state index contributed by atoms with van der Waals surface area (Å²) in [4.78, 5) is 43.7. The quantitative estimate of drug-likeness (QED) is 0.520. The number of rotatable bonds is 8. The molecule has 196 valence electrons. The summed E-state index contributed by atoms with van der Waals surface area (Å²) in [6.07, 6.45) is 5.63. The van der Waals surface area contributed by atoms with Gasteiger partial charge in [0.25, 0.3) is 0 Å². The van der Waals surface area contributed by atoms with Gasteiger partial charge in [0.05, 0.1) is 0 Å². The van der Waals surface area contributed by atoms with Crippen LogP contribution < -0.4 is 15.5 Å². The number of anilines is 3. The number of carbonyl (C=O) groups excluding carboxylic acids is 3. The molecule has 4 rings (SSSR count). The van der Waals surface area contributed by atoms with Crippen LogP contribution >= 0.6 is 0 Å². The van der Waals surface area contributed by atoms with Gasteiger partial charge in [-0.2, -0.15) is 0 Å². The lowest BCUT2D eigenvalue weighted by Gasteiger charge is -2.36. The first-order chi connectivity index (χ1) is 17.9. The lowest BCUT2D eigenvalue weighted by atomic mass is 10.1. The molecule has 2 N–H and O–H groups in total. The van der Waals surface area contributed by atoms with E-state index >= 15 is 0 Å². The fourth-order valence-electron chi connectivity index (χ4n) is 5.04. The summed E-state index contributed by atoms with van der Waals surface area (Å²) < 4.78 is 0. The third-order valence-corrected chi connectivity index (χ3v) is 7.05. The van der Waals surface area contributed by atoms with Crippen molar-refractivity contribution < 1.29 is 14.4 Å². The number of urea groups is 1. The number of benzene rings is 2. The van der Waals surface area contributed by atoms with Crippen molar-refractivity contribution in [2.24, 2.45) is 5.92 Å². The van der Waals surface area contributed by atoms with E-state index in [0.717, 1.165) is 55.7 Å². The third kappa shape index (κ3) is 7.12. The van der Waals surface area contributed by atoms with Crippen molar-refractivity contribution in [1.29, 1.82) is 0 Å². The molecule has 1 aliphatic carbocycles. The number of amides is 4. The van der Waals surface area contributed by atoms with Gasteiger partial charge in [-0.25, -0.2) is 4.79 Å². The van der Waals surface area contributed by atoms with Crippen LogP contribution in [0.1, 0.15) is 31.2 Å². The average molecular weight is 504 g/mol. The molecule has 8 heteroatoms. The van der Waals surface area contributed by atoms with Gasteiger partial charge in [-0.05, 0) is 61.7 Å². The Hall–Kier alpha value is -3.81. The maximum absolute atomic E-state index is 12.8. The molecule has 2 aliphatic rings. The molecule has 0 aromatic heterocycles. The Bertz CT molecular complexity index is 1100. The fourth-order valence-corrected chi connectivity index (χ4v) is 5.04. The van der Waals surface area contributed by atoms with Crippen LogP contribution in [0, 0.1) is 12.8 Å². The molecule has 1 saturated carbocycles. The van der Waals surface area contributed by atoms with Gasteiger partial charge in [-0.15, -0.1) is 6.58 Å². The Balaban J connectivity index is 1.25. The topological polar surface area (TPSA) is 85.0 Å². The van der Waals surface area contributed by atoms with Gasteiger partial charge in [-0.1, -0.05) is 31.1 Å². The van der Waals surface area contributed by atoms with E-state index in [4.69, 9.17) is 0 Å². The molecular weight excluding hydrogens is 466 g/mol. The van der Waals surface area contributed by atoms with Crippen molar-refractivity contribution >= 4 is 34.9 Å². The zero-order chi connectivity index (χ0) is 26.2. The second kappa shape index (κ2) is 12.4. The number of piperazine rings is 1. The van der Waals surface area contributed by atoms with E-state index in [1.54, 1.807) is 11.0 Å². The zero-order valence-corrected chi connectivity index (χ0v) is 21.6. The van der Waals surface area contributed by atoms with Crippen molar-refractivity contribution in [2.45, 2.75) is 32.6 Å². The summed E-state index contributed by atoms with van der Waals surface area (Å²) in [6, 6.07) is 15.4. The van der Waals surface area contributed by atoms with Gasteiger partial charge in [0, 0.05) is 55.7 Å². The van der Waals surface area contributed by atoms with Gasteiger partial charge in [0.1, 0.15) is 6.54 Å². The van der Waals surface area contributed by atoms with Crippen LogP contribution in [0.3, 0.4) is 0 Å². The molecular formula is C29H37N5O3. The van der Waals surface area contributed by atoms with E-state index in [9.17, 15) is 14.4 Å². The molecule has 0 atom stereocenters. The normalized spacial score (nSPS) is 15.8. The summed E-state index contributed by atoms with van der Waals surface area (Å²) in [6.45, 7) is 8.85. The molecule has 1 heterocycles. The number of hydrogen-bond donors (Lipinski definition) is 2. The van der Waals surface area contributed by atoms with E-state index in [0.29, 0.717) is 25.3 Å². The third-order valence-electron chi connectivity index (χ3n) is 7.05. The van der Waals surface area contributed by atoms with E-state index in [-0.39, 0.29) is 30.3 Å². The standard InChI is InChI=1S/C29H37N5O3/c1-3-15-34(28(36)23-8-4-5-9-23)21-27(35)30-24-11-13-26(14-12-24)32-16-18-33(19-17-32)29(37)31-25-10-6-7-22(2)20-25/h3,6-7,10-14,20,23H,1,4-5,8-9,15-19,21H2,2H3,(H,30,35)(H,31,37). The average Bonchev–Trinajstić information content (AvgIpc) is 3.44. The highest BCUT2D eigenvalue weighted by atomic mass is 16.2. The molecule has 1 aliphatic heterocycles. The monoisotopic (exact) mass is 503 g/mol. The molecule has 2 fully saturated rings. The smallest absolute Gasteiger partial charge is 0.321 e. The van der Waals surface area contributed by atoms with Crippen molar-refractivity contribution in [3.63, 3.8) is 0 Å². The van der Waals surface area contributed by atoms with Crippen LogP contribution in [0.2, 0.25) is 0 Å². The second-order valence-corrected chi connectivity index (χ2v) is 9.86. The molecule has 37 heavy (non-hydrogen) atoms. The Morgan fingerprint density at radius 1 is 0.973 bits per heavy atom. The summed E-state index contributed by atoms with van der Waals surface area (Å²) in [5, 5.41) is 5.88. The van der Waals surface area contributed by atoms with Crippen molar-refractivity contribution in [1.82, 2.24) is 9.80 Å². The first kappa shape index (κ1) is 26.3. The maximum atomic E-state index is 12.8. The molecule has 0 unspecified atom stereocenters. The molecule has 0 radical (unpaired) electrons. The van der Waals surface area contributed by atoms with Gasteiger partial charge in [0.2, 0.25) is 11.8 Å². The predicted octanol–water partition coefficient (Wildman–Crippen LogP) is 4.49. The van der Waals surface area contributed by atoms with Crippen LogP contribution in [0.25, 0.3) is 0 Å². The number of nitrogens with zero attached hydrogens (tertiary/aromatic N) is 3. The van der Waals surface area contributed by atoms with E-state index in [1.165, 1.54) is 0 Å². The number of hydrogen-bond acceptors (Lipinski definition) is 4. The maximum Gasteiger partial charge on any atom is 0.321 e. The Kier molecular flexibility index (Phi) is 8.82. The Morgan fingerprint density at radius 3 is 2.32 bits per heavy atom. The summed E-state index contributed by atoms with van der Waals surface area (Å²) in [5.41, 5.74) is 3.65. The van der Waals surface area contributed by atoms with Crippen LogP contribution in [-0.2, 0) is 9.59 Å². The van der Waals surface area contributed by atoms with Crippen LogP contribution in [0.5, 0.6) is 0 Å². The van der Waals surface area contributed by atoms with Gasteiger partial charge in [-0.3, -0.25) is 9.59 Å². The zero-order valence-electron chi connectivity index (χ0n) is 21.6. The first-order valence-electron chi connectivity index (χ1n) is 13.1. The Labute approximate surface area is 219 Å². The molecule has 0 spiro atoms. The summed E-state index contributed by atoms with van der Waals surface area (Å²) in [5.74, 6) is -0.134. The first-order valence-corrected chi connectivity index (χ1v) is 13.1. The van der Waals surface area contributed by atoms with Gasteiger partial charge in [0.15, 0.2) is 0 Å². The molecule has 2 aromatic carbocycles. The minimum absolute atomic E-state index is 0.0235.